The van der Waals surface area contributed by atoms with Crippen molar-refractivity contribution in [3.05, 3.63) is 34.5 Å². The number of carbonyl (C=O) groups is 1. The highest BCUT2D eigenvalue weighted by Crippen LogP contribution is 2.24. The minimum Gasteiger partial charge on any atom is -0.305 e. The fourth-order valence-electron chi connectivity index (χ4n) is 2.99. The average molecular weight is 273 g/mol. The normalized spacial score (nSPS) is 16.6. The zero-order valence-corrected chi connectivity index (χ0v) is 11.7. The third-order valence-electron chi connectivity index (χ3n) is 4.11. The lowest BCUT2D eigenvalue weighted by Gasteiger charge is -2.20. The van der Waals surface area contributed by atoms with Crippen LogP contribution in [0.25, 0.3) is 5.52 Å². The summed E-state index contributed by atoms with van der Waals surface area (Å²) >= 11 is 0. The number of carbonyl (C=O) groups excluding carboxylic acids is 1. The van der Waals surface area contributed by atoms with Crippen LogP contribution < -0.4 is 5.56 Å². The maximum atomic E-state index is 12.3. The second-order valence-electron chi connectivity index (χ2n) is 5.65. The van der Waals surface area contributed by atoms with Crippen molar-refractivity contribution in [3.8, 4) is 0 Å². The van der Waals surface area contributed by atoms with Gasteiger partial charge in [-0.1, -0.05) is 19.3 Å². The quantitative estimate of drug-likeness (QED) is 0.859. The van der Waals surface area contributed by atoms with E-state index >= 15 is 0 Å². The molecular weight excluding hydrogens is 254 g/mol. The summed E-state index contributed by atoms with van der Waals surface area (Å²) in [6, 6.07) is 1.75. The van der Waals surface area contributed by atoms with E-state index in [0.717, 1.165) is 31.4 Å². The van der Waals surface area contributed by atoms with Crippen LogP contribution in [0.3, 0.4) is 0 Å². The van der Waals surface area contributed by atoms with E-state index in [2.05, 4.69) is 5.10 Å². The third kappa shape index (κ3) is 2.40. The largest absolute Gasteiger partial charge is 0.305 e. The van der Waals surface area contributed by atoms with E-state index in [1.807, 2.05) is 6.92 Å². The van der Waals surface area contributed by atoms with Crippen molar-refractivity contribution in [2.75, 3.05) is 0 Å². The molecule has 106 valence electrons. The minimum absolute atomic E-state index is 0.138. The van der Waals surface area contributed by atoms with E-state index in [-0.39, 0.29) is 23.8 Å². The van der Waals surface area contributed by atoms with Gasteiger partial charge in [-0.15, -0.1) is 0 Å². The Morgan fingerprint density at radius 2 is 2.05 bits per heavy atom. The van der Waals surface area contributed by atoms with Gasteiger partial charge in [-0.05, 0) is 25.8 Å². The van der Waals surface area contributed by atoms with Crippen molar-refractivity contribution >= 4 is 11.3 Å². The summed E-state index contributed by atoms with van der Waals surface area (Å²) in [5.74, 6) is 0.325. The van der Waals surface area contributed by atoms with Gasteiger partial charge in [-0.3, -0.25) is 9.59 Å². The molecule has 0 unspecified atom stereocenters. The zero-order valence-electron chi connectivity index (χ0n) is 11.7. The van der Waals surface area contributed by atoms with E-state index in [9.17, 15) is 9.59 Å². The Morgan fingerprint density at radius 1 is 1.30 bits per heavy atom. The smallest absolute Gasteiger partial charge is 0.276 e. The molecule has 0 aromatic carbocycles. The van der Waals surface area contributed by atoms with Gasteiger partial charge in [-0.25, -0.2) is 4.52 Å². The average Bonchev–Trinajstić information content (AvgIpc) is 2.84. The monoisotopic (exact) mass is 273 g/mol. The lowest BCUT2D eigenvalue weighted by Crippen LogP contribution is -2.29. The SMILES string of the molecule is Cc1cc2c(=O)n(CC(=O)C3CCCCC3)ccn2n1. The fourth-order valence-corrected chi connectivity index (χ4v) is 2.99. The Kier molecular flexibility index (Phi) is 3.42. The molecule has 2 heterocycles. The molecule has 0 aliphatic heterocycles. The lowest BCUT2D eigenvalue weighted by molar-refractivity contribution is -0.124. The molecule has 0 spiro atoms. The molecule has 20 heavy (non-hydrogen) atoms. The van der Waals surface area contributed by atoms with Crippen LogP contribution >= 0.6 is 0 Å². The highest BCUT2D eigenvalue weighted by atomic mass is 16.1. The van der Waals surface area contributed by atoms with Crippen molar-refractivity contribution in [1.82, 2.24) is 14.2 Å². The molecule has 1 aliphatic carbocycles. The summed E-state index contributed by atoms with van der Waals surface area (Å²) in [6.07, 6.45) is 8.83. The van der Waals surface area contributed by atoms with Gasteiger partial charge in [-0.2, -0.15) is 5.10 Å². The number of nitrogens with zero attached hydrogens (tertiary/aromatic N) is 3. The van der Waals surface area contributed by atoms with Crippen LogP contribution in [0.5, 0.6) is 0 Å². The summed E-state index contributed by atoms with van der Waals surface area (Å²) < 4.78 is 3.08. The van der Waals surface area contributed by atoms with E-state index < -0.39 is 0 Å². The maximum absolute atomic E-state index is 12.3. The molecule has 1 saturated carbocycles. The Hall–Kier alpha value is -1.91. The van der Waals surface area contributed by atoms with Crippen LogP contribution in [0.2, 0.25) is 0 Å². The molecular formula is C15H19N3O2. The van der Waals surface area contributed by atoms with Crippen LogP contribution in [0.15, 0.2) is 23.3 Å². The van der Waals surface area contributed by atoms with Gasteiger partial charge in [0.2, 0.25) is 0 Å². The highest BCUT2D eigenvalue weighted by molar-refractivity contribution is 5.81. The molecule has 3 rings (SSSR count). The highest BCUT2D eigenvalue weighted by Gasteiger charge is 2.21. The zero-order chi connectivity index (χ0) is 14.1. The molecule has 0 saturated heterocycles. The first kappa shape index (κ1) is 13.1. The lowest BCUT2D eigenvalue weighted by atomic mass is 9.86. The fraction of sp³-hybridized carbons (Fsp3) is 0.533. The number of hydrogen-bond acceptors (Lipinski definition) is 3. The molecule has 1 fully saturated rings. The van der Waals surface area contributed by atoms with Crippen LogP contribution in [-0.2, 0) is 11.3 Å². The van der Waals surface area contributed by atoms with Crippen LogP contribution in [-0.4, -0.2) is 20.0 Å². The first-order valence-corrected chi connectivity index (χ1v) is 7.23. The van der Waals surface area contributed by atoms with Crippen molar-refractivity contribution < 1.29 is 4.79 Å². The number of Topliss-reactive ketones (excluding diaryl/α,β-unsaturated/α-hetero) is 1. The van der Waals surface area contributed by atoms with Crippen molar-refractivity contribution in [3.63, 3.8) is 0 Å². The molecule has 1 aliphatic rings. The standard InChI is InChI=1S/C15H19N3O2/c1-11-9-13-15(20)17(7-8-18(13)16-11)10-14(19)12-5-3-2-4-6-12/h7-9,12H,2-6,10H2,1H3. The maximum Gasteiger partial charge on any atom is 0.276 e. The molecule has 0 N–H and O–H groups in total. The Bertz CT molecular complexity index is 693. The second-order valence-corrected chi connectivity index (χ2v) is 5.65. The molecule has 5 nitrogen and oxygen atoms in total. The Morgan fingerprint density at radius 3 is 2.80 bits per heavy atom. The third-order valence-corrected chi connectivity index (χ3v) is 4.11. The van der Waals surface area contributed by atoms with Gasteiger partial charge < -0.3 is 4.57 Å². The van der Waals surface area contributed by atoms with E-state index in [0.29, 0.717) is 5.52 Å². The molecule has 0 bridgehead atoms. The molecule has 0 amide bonds. The van der Waals surface area contributed by atoms with E-state index in [4.69, 9.17) is 0 Å². The Labute approximate surface area is 117 Å². The summed E-state index contributed by atoms with van der Waals surface area (Å²) in [7, 11) is 0. The van der Waals surface area contributed by atoms with Gasteiger partial charge in [0.15, 0.2) is 5.78 Å². The predicted molar refractivity (Wildman–Crippen MR) is 75.8 cm³/mol. The van der Waals surface area contributed by atoms with Gasteiger partial charge in [0, 0.05) is 18.3 Å². The van der Waals surface area contributed by atoms with Crippen LogP contribution in [0.1, 0.15) is 37.8 Å². The first-order valence-electron chi connectivity index (χ1n) is 7.23. The van der Waals surface area contributed by atoms with Gasteiger partial charge in [0.1, 0.15) is 5.52 Å². The topological polar surface area (TPSA) is 56.4 Å². The number of aryl methyl sites for hydroxylation is 1. The summed E-state index contributed by atoms with van der Waals surface area (Å²) in [5, 5.41) is 4.20. The van der Waals surface area contributed by atoms with E-state index in [1.54, 1.807) is 23.0 Å². The van der Waals surface area contributed by atoms with Gasteiger partial charge in [0.25, 0.3) is 5.56 Å². The molecule has 0 atom stereocenters. The molecule has 0 radical (unpaired) electrons. The van der Waals surface area contributed by atoms with Crippen molar-refractivity contribution in [2.45, 2.75) is 45.6 Å². The van der Waals surface area contributed by atoms with Crippen LogP contribution in [0, 0.1) is 12.8 Å². The van der Waals surface area contributed by atoms with Crippen molar-refractivity contribution in [2.24, 2.45) is 5.92 Å². The van der Waals surface area contributed by atoms with Crippen LogP contribution in [0.4, 0.5) is 0 Å². The number of rotatable bonds is 3. The summed E-state index contributed by atoms with van der Waals surface area (Å²) in [4.78, 5) is 24.6. The number of ketones is 1. The van der Waals surface area contributed by atoms with Crippen molar-refractivity contribution in [1.29, 1.82) is 0 Å². The number of aromatic nitrogens is 3. The van der Waals surface area contributed by atoms with Gasteiger partial charge in [0.05, 0.1) is 12.2 Å². The molecule has 5 heteroatoms. The second kappa shape index (κ2) is 5.23. The predicted octanol–water partition coefficient (Wildman–Crippen LogP) is 1.95. The number of fused-ring (bicyclic) bond motifs is 1. The summed E-state index contributed by atoms with van der Waals surface area (Å²) in [5.41, 5.74) is 1.19. The van der Waals surface area contributed by atoms with Gasteiger partial charge >= 0.3 is 0 Å². The summed E-state index contributed by atoms with van der Waals surface area (Å²) in [6.45, 7) is 2.04. The number of hydrogen-bond donors (Lipinski definition) is 0. The van der Waals surface area contributed by atoms with E-state index in [1.165, 1.54) is 11.0 Å². The minimum atomic E-state index is -0.141. The Balaban J connectivity index is 1.85. The first-order chi connectivity index (χ1) is 9.65. The molecule has 2 aromatic rings. The molecule has 2 aromatic heterocycles.